The minimum atomic E-state index is -0.306. The number of carbonyl (C=O) groups excluding carboxylic acids is 1. The number of piperidine rings is 1. The molecule has 0 spiro atoms. The number of hydrogen-bond acceptors (Lipinski definition) is 4. The van der Waals surface area contributed by atoms with Crippen molar-refractivity contribution in [2.45, 2.75) is 31.7 Å². The second-order valence-electron chi connectivity index (χ2n) is 7.26. The van der Waals surface area contributed by atoms with Crippen LogP contribution in [0.2, 0.25) is 0 Å². The van der Waals surface area contributed by atoms with Crippen LogP contribution in [-0.2, 0) is 24.8 Å². The standard InChI is InChI=1S/C19H26FN5O/c1-23(2)13-17-21-22-19(24(17)3)15-7-5-9-25(12-15)18(26)11-14-6-4-8-16(20)10-14/h4,6,8,10,15H,5,7,9,11-13H2,1-3H3/t15-/m1/s1. The van der Waals surface area contributed by atoms with Gasteiger partial charge in [0, 0.05) is 26.1 Å². The Balaban J connectivity index is 1.67. The van der Waals surface area contributed by atoms with E-state index in [0.717, 1.165) is 37.6 Å². The van der Waals surface area contributed by atoms with Gasteiger partial charge in [-0.1, -0.05) is 12.1 Å². The van der Waals surface area contributed by atoms with Crippen LogP contribution in [-0.4, -0.2) is 57.7 Å². The number of carbonyl (C=O) groups is 1. The average Bonchev–Trinajstić information content (AvgIpc) is 2.95. The van der Waals surface area contributed by atoms with Crippen molar-refractivity contribution in [2.75, 3.05) is 27.2 Å². The Morgan fingerprint density at radius 3 is 2.88 bits per heavy atom. The number of halogens is 1. The predicted octanol–water partition coefficient (Wildman–Crippen LogP) is 1.96. The van der Waals surface area contributed by atoms with Crippen molar-refractivity contribution in [3.8, 4) is 0 Å². The molecule has 1 aromatic carbocycles. The molecule has 1 fully saturated rings. The smallest absolute Gasteiger partial charge is 0.227 e. The number of nitrogens with zero attached hydrogens (tertiary/aromatic N) is 5. The summed E-state index contributed by atoms with van der Waals surface area (Å²) < 4.78 is 15.4. The Labute approximate surface area is 153 Å². The zero-order chi connectivity index (χ0) is 18.7. The topological polar surface area (TPSA) is 54.3 Å². The lowest BCUT2D eigenvalue weighted by atomic mass is 9.96. The predicted molar refractivity (Wildman–Crippen MR) is 97.1 cm³/mol. The zero-order valence-electron chi connectivity index (χ0n) is 15.7. The van der Waals surface area contributed by atoms with Gasteiger partial charge in [-0.2, -0.15) is 0 Å². The molecule has 0 radical (unpaired) electrons. The maximum Gasteiger partial charge on any atom is 0.227 e. The van der Waals surface area contributed by atoms with Gasteiger partial charge in [-0.05, 0) is 44.6 Å². The van der Waals surface area contributed by atoms with Crippen LogP contribution in [0.1, 0.15) is 36.0 Å². The molecule has 0 aliphatic carbocycles. The first-order valence-electron chi connectivity index (χ1n) is 8.99. The van der Waals surface area contributed by atoms with Gasteiger partial charge < -0.3 is 14.4 Å². The quantitative estimate of drug-likeness (QED) is 0.819. The highest BCUT2D eigenvalue weighted by Gasteiger charge is 2.28. The van der Waals surface area contributed by atoms with E-state index in [4.69, 9.17) is 0 Å². The molecule has 7 heteroatoms. The van der Waals surface area contributed by atoms with E-state index in [1.54, 1.807) is 12.1 Å². The largest absolute Gasteiger partial charge is 0.342 e. The Hall–Kier alpha value is -2.28. The molecule has 1 aliphatic heterocycles. The van der Waals surface area contributed by atoms with E-state index in [1.807, 2.05) is 30.6 Å². The van der Waals surface area contributed by atoms with E-state index in [0.29, 0.717) is 12.1 Å². The highest BCUT2D eigenvalue weighted by atomic mass is 19.1. The third-order valence-electron chi connectivity index (χ3n) is 4.84. The third kappa shape index (κ3) is 4.27. The second kappa shape index (κ2) is 7.95. The molecule has 1 saturated heterocycles. The van der Waals surface area contributed by atoms with Crippen LogP contribution in [0.3, 0.4) is 0 Å². The molecule has 0 saturated carbocycles. The summed E-state index contributed by atoms with van der Waals surface area (Å²) in [4.78, 5) is 16.6. The normalized spacial score (nSPS) is 17.7. The van der Waals surface area contributed by atoms with Crippen LogP contribution >= 0.6 is 0 Å². The molecule has 140 valence electrons. The van der Waals surface area contributed by atoms with Crippen molar-refractivity contribution in [2.24, 2.45) is 7.05 Å². The van der Waals surface area contributed by atoms with Gasteiger partial charge in [-0.3, -0.25) is 4.79 Å². The van der Waals surface area contributed by atoms with Gasteiger partial charge in [0.15, 0.2) is 0 Å². The Morgan fingerprint density at radius 2 is 2.15 bits per heavy atom. The first-order valence-corrected chi connectivity index (χ1v) is 8.99. The molecule has 1 atom stereocenters. The lowest BCUT2D eigenvalue weighted by molar-refractivity contribution is -0.131. The van der Waals surface area contributed by atoms with Crippen LogP contribution in [0.4, 0.5) is 4.39 Å². The summed E-state index contributed by atoms with van der Waals surface area (Å²) in [5.74, 6) is 1.78. The molecular formula is C19H26FN5O. The summed E-state index contributed by atoms with van der Waals surface area (Å²) >= 11 is 0. The van der Waals surface area contributed by atoms with E-state index >= 15 is 0 Å². The van der Waals surface area contributed by atoms with Crippen LogP contribution in [0, 0.1) is 5.82 Å². The Kier molecular flexibility index (Phi) is 5.66. The summed E-state index contributed by atoms with van der Waals surface area (Å²) in [6, 6.07) is 6.25. The van der Waals surface area contributed by atoms with Gasteiger partial charge in [-0.15, -0.1) is 10.2 Å². The SMILES string of the molecule is CN(C)Cc1nnc([C@@H]2CCCN(C(=O)Cc3cccc(F)c3)C2)n1C. The van der Waals surface area contributed by atoms with Crippen LogP contribution in [0.15, 0.2) is 24.3 Å². The lowest BCUT2D eigenvalue weighted by Crippen LogP contribution is -2.40. The molecule has 0 N–H and O–H groups in total. The maximum absolute atomic E-state index is 13.3. The van der Waals surface area contributed by atoms with E-state index in [-0.39, 0.29) is 24.1 Å². The van der Waals surface area contributed by atoms with Crippen molar-refractivity contribution in [3.05, 3.63) is 47.3 Å². The van der Waals surface area contributed by atoms with Gasteiger partial charge >= 0.3 is 0 Å². The average molecular weight is 359 g/mol. The van der Waals surface area contributed by atoms with Gasteiger partial charge in [0.25, 0.3) is 0 Å². The number of rotatable bonds is 5. The summed E-state index contributed by atoms with van der Waals surface area (Å²) in [6.45, 7) is 2.12. The van der Waals surface area contributed by atoms with Crippen molar-refractivity contribution >= 4 is 5.91 Å². The first-order chi connectivity index (χ1) is 12.4. The number of aromatic nitrogens is 3. The Bertz CT molecular complexity index is 773. The molecule has 2 heterocycles. The molecule has 1 aliphatic rings. The molecule has 26 heavy (non-hydrogen) atoms. The zero-order valence-corrected chi connectivity index (χ0v) is 15.7. The highest BCUT2D eigenvalue weighted by Crippen LogP contribution is 2.26. The first kappa shape index (κ1) is 18.5. The fourth-order valence-electron chi connectivity index (χ4n) is 3.50. The van der Waals surface area contributed by atoms with Crippen molar-refractivity contribution < 1.29 is 9.18 Å². The van der Waals surface area contributed by atoms with E-state index < -0.39 is 0 Å². The monoisotopic (exact) mass is 359 g/mol. The number of benzene rings is 1. The van der Waals surface area contributed by atoms with Crippen molar-refractivity contribution in [1.29, 1.82) is 0 Å². The minimum absolute atomic E-state index is 0.0379. The summed E-state index contributed by atoms with van der Waals surface area (Å²) in [7, 11) is 5.99. The molecule has 0 unspecified atom stereocenters. The van der Waals surface area contributed by atoms with E-state index in [9.17, 15) is 9.18 Å². The number of likely N-dealkylation sites (tertiary alicyclic amines) is 1. The molecule has 6 nitrogen and oxygen atoms in total. The fourth-order valence-corrected chi connectivity index (χ4v) is 3.50. The molecule has 1 aromatic heterocycles. The fraction of sp³-hybridized carbons (Fsp3) is 0.526. The summed E-state index contributed by atoms with van der Waals surface area (Å²) in [5, 5.41) is 8.69. The minimum Gasteiger partial charge on any atom is -0.342 e. The van der Waals surface area contributed by atoms with Crippen molar-refractivity contribution in [3.63, 3.8) is 0 Å². The Morgan fingerprint density at radius 1 is 1.35 bits per heavy atom. The lowest BCUT2D eigenvalue weighted by Gasteiger charge is -2.32. The summed E-state index contributed by atoms with van der Waals surface area (Å²) in [6.07, 6.45) is 2.17. The molecule has 3 rings (SSSR count). The van der Waals surface area contributed by atoms with Crippen LogP contribution in [0.5, 0.6) is 0 Å². The van der Waals surface area contributed by atoms with E-state index in [2.05, 4.69) is 15.1 Å². The van der Waals surface area contributed by atoms with Gasteiger partial charge in [0.2, 0.25) is 5.91 Å². The molecule has 2 aromatic rings. The maximum atomic E-state index is 13.3. The van der Waals surface area contributed by atoms with Crippen LogP contribution in [0.25, 0.3) is 0 Å². The third-order valence-corrected chi connectivity index (χ3v) is 4.84. The van der Waals surface area contributed by atoms with Gasteiger partial charge in [-0.25, -0.2) is 4.39 Å². The molecule has 0 bridgehead atoms. The summed E-state index contributed by atoms with van der Waals surface area (Å²) in [5.41, 5.74) is 0.712. The van der Waals surface area contributed by atoms with Gasteiger partial charge in [0.05, 0.1) is 13.0 Å². The highest BCUT2D eigenvalue weighted by molar-refractivity contribution is 5.79. The van der Waals surface area contributed by atoms with E-state index in [1.165, 1.54) is 12.1 Å². The van der Waals surface area contributed by atoms with Crippen LogP contribution < -0.4 is 0 Å². The van der Waals surface area contributed by atoms with Crippen molar-refractivity contribution in [1.82, 2.24) is 24.6 Å². The second-order valence-corrected chi connectivity index (χ2v) is 7.26. The number of hydrogen-bond donors (Lipinski definition) is 0. The molecular weight excluding hydrogens is 333 g/mol. The molecule has 1 amide bonds. The van der Waals surface area contributed by atoms with Gasteiger partial charge in [0.1, 0.15) is 17.5 Å². The number of amides is 1.